The Hall–Kier alpha value is -3.58. The Morgan fingerprint density at radius 2 is 1.71 bits per heavy atom. The molecular weight excluding hydrogens is 423 g/mol. The molecule has 0 aliphatic heterocycles. The lowest BCUT2D eigenvalue weighted by Gasteiger charge is -2.13. The highest BCUT2D eigenvalue weighted by Gasteiger charge is 2.14. The Morgan fingerprint density at radius 1 is 0.968 bits per heavy atom. The number of anilines is 2. The quantitative estimate of drug-likeness (QED) is 0.522. The number of amides is 2. The van der Waals surface area contributed by atoms with Crippen molar-refractivity contribution in [2.75, 3.05) is 17.7 Å². The largest absolute Gasteiger partial charge is 0.493 e. The molecule has 3 rings (SSSR count). The second-order valence-corrected chi connectivity index (χ2v) is 7.05. The predicted octanol–water partition coefficient (Wildman–Crippen LogP) is 5.28. The fraction of sp³-hybridized carbons (Fsp3) is 0.130. The summed E-state index contributed by atoms with van der Waals surface area (Å²) < 4.78 is 25.2. The summed E-state index contributed by atoms with van der Waals surface area (Å²) >= 11 is 5.88. The average Bonchev–Trinajstić information content (AvgIpc) is 2.75. The van der Waals surface area contributed by atoms with Gasteiger partial charge in [-0.05, 0) is 54.1 Å². The summed E-state index contributed by atoms with van der Waals surface area (Å²) in [6.07, 6.45) is 0. The number of benzene rings is 3. The van der Waals surface area contributed by atoms with Crippen LogP contribution in [0.15, 0.2) is 60.7 Å². The molecule has 0 bridgehead atoms. The minimum Gasteiger partial charge on any atom is -0.493 e. The van der Waals surface area contributed by atoms with Gasteiger partial charge in [0.1, 0.15) is 12.4 Å². The van der Waals surface area contributed by atoms with Crippen LogP contribution in [0.3, 0.4) is 0 Å². The smallest absolute Gasteiger partial charge is 0.255 e. The molecule has 0 saturated heterocycles. The van der Waals surface area contributed by atoms with Crippen LogP contribution in [0.4, 0.5) is 15.8 Å². The number of carbonyl (C=O) groups excluding carboxylic acids is 2. The fourth-order valence-corrected chi connectivity index (χ4v) is 2.89. The van der Waals surface area contributed by atoms with E-state index in [1.54, 1.807) is 24.3 Å². The van der Waals surface area contributed by atoms with Crippen LogP contribution < -0.4 is 20.1 Å². The molecule has 0 saturated carbocycles. The van der Waals surface area contributed by atoms with E-state index in [0.717, 1.165) is 11.6 Å². The molecule has 3 aromatic carbocycles. The Balaban J connectivity index is 1.73. The van der Waals surface area contributed by atoms with Crippen molar-refractivity contribution in [3.05, 3.63) is 82.6 Å². The van der Waals surface area contributed by atoms with Gasteiger partial charge in [0.2, 0.25) is 5.91 Å². The SMILES string of the molecule is COc1cc(C(=O)Nc2cc(NC(C)=O)ccc2F)ccc1OCc1ccc(Cl)cc1. The maximum Gasteiger partial charge on any atom is 0.255 e. The van der Waals surface area contributed by atoms with E-state index in [0.29, 0.717) is 28.8 Å². The molecule has 6 nitrogen and oxygen atoms in total. The number of methoxy groups -OCH3 is 1. The van der Waals surface area contributed by atoms with Crippen molar-refractivity contribution >= 4 is 34.8 Å². The van der Waals surface area contributed by atoms with Gasteiger partial charge in [-0.1, -0.05) is 23.7 Å². The van der Waals surface area contributed by atoms with Gasteiger partial charge in [-0.25, -0.2) is 4.39 Å². The van der Waals surface area contributed by atoms with Crippen LogP contribution in [-0.4, -0.2) is 18.9 Å². The lowest BCUT2D eigenvalue weighted by molar-refractivity contribution is -0.114. The van der Waals surface area contributed by atoms with Gasteiger partial charge >= 0.3 is 0 Å². The van der Waals surface area contributed by atoms with Crippen LogP contribution in [-0.2, 0) is 11.4 Å². The second-order valence-electron chi connectivity index (χ2n) is 6.61. The third-order valence-corrected chi connectivity index (χ3v) is 4.52. The van der Waals surface area contributed by atoms with Crippen molar-refractivity contribution in [3.63, 3.8) is 0 Å². The molecule has 0 unspecified atom stereocenters. The summed E-state index contributed by atoms with van der Waals surface area (Å²) in [6, 6.07) is 15.8. The fourth-order valence-electron chi connectivity index (χ4n) is 2.77. The maximum atomic E-state index is 14.1. The van der Waals surface area contributed by atoms with Gasteiger partial charge in [-0.15, -0.1) is 0 Å². The van der Waals surface area contributed by atoms with Crippen molar-refractivity contribution < 1.29 is 23.5 Å². The number of hydrogen-bond donors (Lipinski definition) is 2. The van der Waals surface area contributed by atoms with Crippen molar-refractivity contribution in [2.24, 2.45) is 0 Å². The highest BCUT2D eigenvalue weighted by atomic mass is 35.5. The van der Waals surface area contributed by atoms with Crippen molar-refractivity contribution in [1.82, 2.24) is 0 Å². The average molecular weight is 443 g/mol. The number of halogens is 2. The van der Waals surface area contributed by atoms with Gasteiger partial charge in [-0.3, -0.25) is 9.59 Å². The van der Waals surface area contributed by atoms with E-state index in [2.05, 4.69) is 10.6 Å². The summed E-state index contributed by atoms with van der Waals surface area (Å²) in [5.74, 6) is -0.663. The molecule has 160 valence electrons. The molecule has 0 aliphatic carbocycles. The Morgan fingerprint density at radius 3 is 2.39 bits per heavy atom. The van der Waals surface area contributed by atoms with Crippen molar-refractivity contribution in [2.45, 2.75) is 13.5 Å². The Labute approximate surface area is 183 Å². The van der Waals surface area contributed by atoms with E-state index in [9.17, 15) is 14.0 Å². The first-order chi connectivity index (χ1) is 14.9. The highest BCUT2D eigenvalue weighted by molar-refractivity contribution is 6.30. The van der Waals surface area contributed by atoms with E-state index < -0.39 is 11.7 Å². The molecule has 2 amide bonds. The number of carbonyl (C=O) groups is 2. The first kappa shape index (κ1) is 22.1. The molecule has 0 spiro atoms. The van der Waals surface area contributed by atoms with E-state index in [4.69, 9.17) is 21.1 Å². The molecule has 0 heterocycles. The van der Waals surface area contributed by atoms with Gasteiger partial charge < -0.3 is 20.1 Å². The Bertz CT molecular complexity index is 1100. The summed E-state index contributed by atoms with van der Waals surface area (Å²) in [4.78, 5) is 23.8. The molecule has 0 atom stereocenters. The lowest BCUT2D eigenvalue weighted by Crippen LogP contribution is -2.14. The van der Waals surface area contributed by atoms with Crippen LogP contribution in [0.1, 0.15) is 22.8 Å². The predicted molar refractivity (Wildman–Crippen MR) is 117 cm³/mol. The lowest BCUT2D eigenvalue weighted by atomic mass is 10.1. The maximum absolute atomic E-state index is 14.1. The number of ether oxygens (including phenoxy) is 2. The third-order valence-electron chi connectivity index (χ3n) is 4.27. The van der Waals surface area contributed by atoms with E-state index in [-0.39, 0.29) is 17.2 Å². The van der Waals surface area contributed by atoms with E-state index in [1.165, 1.54) is 32.2 Å². The van der Waals surface area contributed by atoms with E-state index >= 15 is 0 Å². The van der Waals surface area contributed by atoms with Crippen LogP contribution >= 0.6 is 11.6 Å². The summed E-state index contributed by atoms with van der Waals surface area (Å²) in [5, 5.41) is 5.68. The van der Waals surface area contributed by atoms with Gasteiger partial charge in [0.15, 0.2) is 11.5 Å². The number of nitrogens with one attached hydrogen (secondary N) is 2. The third kappa shape index (κ3) is 5.96. The minimum atomic E-state index is -0.627. The summed E-state index contributed by atoms with van der Waals surface area (Å²) in [7, 11) is 1.46. The molecule has 0 aliphatic rings. The molecule has 0 fully saturated rings. The molecule has 0 radical (unpaired) electrons. The van der Waals surface area contributed by atoms with Gasteiger partial charge in [-0.2, -0.15) is 0 Å². The first-order valence-corrected chi connectivity index (χ1v) is 9.67. The molecule has 2 N–H and O–H groups in total. The van der Waals surface area contributed by atoms with Crippen molar-refractivity contribution in [3.8, 4) is 11.5 Å². The second kappa shape index (κ2) is 9.95. The monoisotopic (exact) mass is 442 g/mol. The standard InChI is InChI=1S/C23H20ClFN2O4/c1-14(28)26-18-8-9-19(25)20(12-18)27-23(29)16-5-10-21(22(11-16)30-2)31-13-15-3-6-17(24)7-4-15/h3-12H,13H2,1-2H3,(H,26,28)(H,27,29). The molecule has 0 aromatic heterocycles. The number of rotatable bonds is 7. The number of hydrogen-bond acceptors (Lipinski definition) is 4. The van der Waals surface area contributed by atoms with Crippen LogP contribution in [0.25, 0.3) is 0 Å². The highest BCUT2D eigenvalue weighted by Crippen LogP contribution is 2.30. The van der Waals surface area contributed by atoms with Crippen molar-refractivity contribution in [1.29, 1.82) is 0 Å². The molecule has 3 aromatic rings. The zero-order valence-electron chi connectivity index (χ0n) is 16.9. The first-order valence-electron chi connectivity index (χ1n) is 9.29. The van der Waals surface area contributed by atoms with E-state index in [1.807, 2.05) is 12.1 Å². The van der Waals surface area contributed by atoms with Gasteiger partial charge in [0, 0.05) is 23.2 Å². The van der Waals surface area contributed by atoms with Gasteiger partial charge in [0.25, 0.3) is 5.91 Å². The molecule has 8 heteroatoms. The normalized spacial score (nSPS) is 10.3. The zero-order valence-corrected chi connectivity index (χ0v) is 17.6. The van der Waals surface area contributed by atoms with Crippen LogP contribution in [0.5, 0.6) is 11.5 Å². The molecular formula is C23H20ClFN2O4. The van der Waals surface area contributed by atoms with Crippen LogP contribution in [0, 0.1) is 5.82 Å². The zero-order chi connectivity index (χ0) is 22.4. The Kier molecular flexibility index (Phi) is 7.10. The summed E-state index contributed by atoms with van der Waals surface area (Å²) in [6.45, 7) is 1.63. The topological polar surface area (TPSA) is 76.7 Å². The molecule has 31 heavy (non-hydrogen) atoms. The van der Waals surface area contributed by atoms with Crippen LogP contribution in [0.2, 0.25) is 5.02 Å². The minimum absolute atomic E-state index is 0.0571. The van der Waals surface area contributed by atoms with Gasteiger partial charge in [0.05, 0.1) is 12.8 Å². The summed E-state index contributed by atoms with van der Waals surface area (Å²) in [5.41, 5.74) is 1.48.